The second-order valence-electron chi connectivity index (χ2n) is 9.20. The number of nitrogens with zero attached hydrogens (tertiary/aromatic N) is 2. The first-order valence-corrected chi connectivity index (χ1v) is 12.5. The van der Waals surface area contributed by atoms with Crippen molar-refractivity contribution >= 4 is 27.7 Å². The summed E-state index contributed by atoms with van der Waals surface area (Å²) in [6.45, 7) is 0.963. The summed E-state index contributed by atoms with van der Waals surface area (Å²) in [6, 6.07) is 5.11. The standard InChI is InChI=1S/C21H29N5O4S/c22-15-5-7-25(8-6-15)31(29,30)26-17-2-3-18(26)12-16(11-17)23-21(28)13-1-4-19-14(9-13)10-20(27)24-19/h1,4,9,15-18H,2-3,5-8,10-12,22H2,(H,23,28)(H,24,27)/t16-,17-,18+. The number of carbonyl (C=O) groups excluding carboxylic acids is 2. The van der Waals surface area contributed by atoms with Crippen molar-refractivity contribution in [2.45, 2.75) is 69.1 Å². The largest absolute Gasteiger partial charge is 0.349 e. The first-order valence-electron chi connectivity index (χ1n) is 11.1. The van der Waals surface area contributed by atoms with E-state index in [1.54, 1.807) is 26.8 Å². The molecule has 0 aromatic heterocycles. The molecule has 3 saturated heterocycles. The van der Waals surface area contributed by atoms with Gasteiger partial charge in [-0.25, -0.2) is 0 Å². The van der Waals surface area contributed by atoms with E-state index in [2.05, 4.69) is 10.6 Å². The number of nitrogens with one attached hydrogen (secondary N) is 2. The second-order valence-corrected chi connectivity index (χ2v) is 11.0. The van der Waals surface area contributed by atoms with E-state index < -0.39 is 10.2 Å². The zero-order valence-corrected chi connectivity index (χ0v) is 18.2. The monoisotopic (exact) mass is 447 g/mol. The first kappa shape index (κ1) is 20.9. The molecule has 0 spiro atoms. The van der Waals surface area contributed by atoms with E-state index in [4.69, 9.17) is 5.73 Å². The van der Waals surface area contributed by atoms with E-state index in [9.17, 15) is 18.0 Å². The Morgan fingerprint density at radius 3 is 2.45 bits per heavy atom. The zero-order valence-electron chi connectivity index (χ0n) is 17.4. The lowest BCUT2D eigenvalue weighted by atomic mass is 9.99. The van der Waals surface area contributed by atoms with Crippen molar-refractivity contribution in [3.05, 3.63) is 29.3 Å². The van der Waals surface area contributed by atoms with Gasteiger partial charge in [-0.15, -0.1) is 0 Å². The smallest absolute Gasteiger partial charge is 0.282 e. The van der Waals surface area contributed by atoms with Gasteiger partial charge in [-0.1, -0.05) is 0 Å². The second kappa shape index (κ2) is 7.84. The van der Waals surface area contributed by atoms with E-state index in [-0.39, 0.29) is 42.4 Å². The van der Waals surface area contributed by atoms with Crippen molar-refractivity contribution in [2.75, 3.05) is 18.4 Å². The summed E-state index contributed by atoms with van der Waals surface area (Å²) in [5.74, 6) is -0.235. The summed E-state index contributed by atoms with van der Waals surface area (Å²) in [5.41, 5.74) is 8.06. The van der Waals surface area contributed by atoms with Crippen LogP contribution in [0.2, 0.25) is 0 Å². The number of piperidine rings is 2. The van der Waals surface area contributed by atoms with Crippen LogP contribution in [0.4, 0.5) is 5.69 Å². The maximum atomic E-state index is 13.3. The Bertz CT molecular complexity index is 991. The third kappa shape index (κ3) is 3.86. The fourth-order valence-corrected chi connectivity index (χ4v) is 7.58. The minimum Gasteiger partial charge on any atom is -0.349 e. The molecule has 2 amide bonds. The Kier molecular flexibility index (Phi) is 5.28. The average Bonchev–Trinajstić information content (AvgIpc) is 3.24. The minimum atomic E-state index is -3.50. The highest BCUT2D eigenvalue weighted by Crippen LogP contribution is 2.39. The SMILES string of the molecule is NC1CCN(S(=O)(=O)N2[C@@H]3CC[C@H]2C[C@H](NC(=O)c2ccc4c(c2)CC(=O)N4)C3)CC1. The van der Waals surface area contributed by atoms with Gasteiger partial charge in [0.2, 0.25) is 5.91 Å². The van der Waals surface area contributed by atoms with Gasteiger partial charge in [-0.05, 0) is 62.3 Å². The highest BCUT2D eigenvalue weighted by atomic mass is 32.2. The number of hydrogen-bond acceptors (Lipinski definition) is 5. The number of rotatable bonds is 4. The maximum Gasteiger partial charge on any atom is 0.282 e. The molecule has 3 fully saturated rings. The van der Waals surface area contributed by atoms with Crippen LogP contribution in [0.25, 0.3) is 0 Å². The Hall–Kier alpha value is -2.01. The molecule has 3 atom stereocenters. The fraction of sp³-hybridized carbons (Fsp3) is 0.619. The Balaban J connectivity index is 1.25. The van der Waals surface area contributed by atoms with Gasteiger partial charge >= 0.3 is 0 Å². The van der Waals surface area contributed by atoms with E-state index in [0.717, 1.165) is 24.1 Å². The molecule has 4 heterocycles. The summed E-state index contributed by atoms with van der Waals surface area (Å²) in [7, 11) is -3.50. The van der Waals surface area contributed by atoms with E-state index in [0.29, 0.717) is 44.3 Å². The number of amides is 2. The van der Waals surface area contributed by atoms with Crippen LogP contribution >= 0.6 is 0 Å². The van der Waals surface area contributed by atoms with Crippen LogP contribution in [0.1, 0.15) is 54.4 Å². The van der Waals surface area contributed by atoms with Crippen molar-refractivity contribution in [3.8, 4) is 0 Å². The lowest BCUT2D eigenvalue weighted by Crippen LogP contribution is -2.57. The fourth-order valence-electron chi connectivity index (χ4n) is 5.51. The molecule has 31 heavy (non-hydrogen) atoms. The first-order chi connectivity index (χ1) is 14.8. The summed E-state index contributed by atoms with van der Waals surface area (Å²) in [6.07, 6.45) is 4.59. The number of anilines is 1. The molecule has 1 aromatic carbocycles. The Morgan fingerprint density at radius 1 is 1.10 bits per heavy atom. The van der Waals surface area contributed by atoms with E-state index in [1.807, 2.05) is 0 Å². The third-order valence-corrected chi connectivity index (χ3v) is 9.23. The third-order valence-electron chi connectivity index (χ3n) is 7.09. The van der Waals surface area contributed by atoms with Crippen LogP contribution in [0.15, 0.2) is 18.2 Å². The van der Waals surface area contributed by atoms with Crippen molar-refractivity contribution in [2.24, 2.45) is 5.73 Å². The normalized spacial score (nSPS) is 29.6. The van der Waals surface area contributed by atoms with Gasteiger partial charge in [0.1, 0.15) is 0 Å². The highest BCUT2D eigenvalue weighted by molar-refractivity contribution is 7.86. The van der Waals surface area contributed by atoms with Crippen LogP contribution in [0.5, 0.6) is 0 Å². The molecule has 168 valence electrons. The summed E-state index contributed by atoms with van der Waals surface area (Å²) < 4.78 is 29.9. The summed E-state index contributed by atoms with van der Waals surface area (Å²) in [5, 5.41) is 5.87. The molecule has 0 radical (unpaired) electrons. The molecule has 2 bridgehead atoms. The topological polar surface area (TPSA) is 125 Å². The predicted molar refractivity (Wildman–Crippen MR) is 116 cm³/mol. The molecule has 1 aromatic rings. The molecular weight excluding hydrogens is 418 g/mol. The molecule has 4 aliphatic rings. The molecule has 9 nitrogen and oxygen atoms in total. The molecule has 0 aliphatic carbocycles. The van der Waals surface area contributed by atoms with E-state index in [1.165, 1.54) is 0 Å². The molecule has 4 N–H and O–H groups in total. The van der Waals surface area contributed by atoms with Gasteiger partial charge in [0.15, 0.2) is 0 Å². The van der Waals surface area contributed by atoms with Crippen LogP contribution in [-0.4, -0.2) is 66.1 Å². The van der Waals surface area contributed by atoms with Gasteiger partial charge in [-0.3, -0.25) is 9.59 Å². The summed E-state index contributed by atoms with van der Waals surface area (Å²) >= 11 is 0. The van der Waals surface area contributed by atoms with Gasteiger partial charge in [0.25, 0.3) is 16.1 Å². The predicted octanol–water partition coefficient (Wildman–Crippen LogP) is 0.574. The Labute approximate surface area is 182 Å². The van der Waals surface area contributed by atoms with Crippen LogP contribution in [0.3, 0.4) is 0 Å². The van der Waals surface area contributed by atoms with Crippen molar-refractivity contribution in [1.82, 2.24) is 13.9 Å². The average molecular weight is 448 g/mol. The number of nitrogens with two attached hydrogens (primary N) is 1. The van der Waals surface area contributed by atoms with Crippen LogP contribution < -0.4 is 16.4 Å². The van der Waals surface area contributed by atoms with Crippen LogP contribution in [0, 0.1) is 0 Å². The number of hydrogen-bond donors (Lipinski definition) is 3. The van der Waals surface area contributed by atoms with Crippen LogP contribution in [-0.2, 0) is 21.4 Å². The number of benzene rings is 1. The van der Waals surface area contributed by atoms with Gasteiger partial charge < -0.3 is 16.4 Å². The van der Waals surface area contributed by atoms with Gasteiger partial charge in [0, 0.05) is 48.5 Å². The minimum absolute atomic E-state index is 0.0563. The number of carbonyl (C=O) groups is 2. The highest BCUT2D eigenvalue weighted by Gasteiger charge is 2.49. The van der Waals surface area contributed by atoms with E-state index >= 15 is 0 Å². The zero-order chi connectivity index (χ0) is 21.8. The molecule has 0 unspecified atom stereocenters. The van der Waals surface area contributed by atoms with Crippen molar-refractivity contribution in [3.63, 3.8) is 0 Å². The lowest BCUT2D eigenvalue weighted by molar-refractivity contribution is -0.115. The van der Waals surface area contributed by atoms with Gasteiger partial charge in [0.05, 0.1) is 6.42 Å². The lowest BCUT2D eigenvalue weighted by Gasteiger charge is -2.41. The molecular formula is C21H29N5O4S. The Morgan fingerprint density at radius 2 is 1.77 bits per heavy atom. The van der Waals surface area contributed by atoms with Crippen molar-refractivity contribution < 1.29 is 18.0 Å². The molecule has 0 saturated carbocycles. The van der Waals surface area contributed by atoms with Crippen molar-refractivity contribution in [1.29, 1.82) is 0 Å². The quantitative estimate of drug-likeness (QED) is 0.623. The maximum absolute atomic E-state index is 13.3. The molecule has 4 aliphatic heterocycles. The number of fused-ring (bicyclic) bond motifs is 3. The van der Waals surface area contributed by atoms with Gasteiger partial charge in [-0.2, -0.15) is 17.0 Å². The molecule has 10 heteroatoms. The summed E-state index contributed by atoms with van der Waals surface area (Å²) in [4.78, 5) is 24.4. The molecule has 5 rings (SSSR count).